The summed E-state index contributed by atoms with van der Waals surface area (Å²) in [4.78, 5) is 15.5. The van der Waals surface area contributed by atoms with Gasteiger partial charge in [-0.2, -0.15) is 0 Å². The van der Waals surface area contributed by atoms with Crippen LogP contribution in [0.4, 0.5) is 0 Å². The Morgan fingerprint density at radius 2 is 1.95 bits per heavy atom. The van der Waals surface area contributed by atoms with Gasteiger partial charge in [-0.25, -0.2) is 0 Å². The van der Waals surface area contributed by atoms with Gasteiger partial charge in [-0.15, -0.1) is 0 Å². The molecule has 0 spiro atoms. The largest absolute Gasteiger partial charge is 0.392 e. The molecule has 1 aliphatic rings. The van der Waals surface area contributed by atoms with E-state index in [1.54, 1.807) is 19.0 Å². The Hall–Kier alpha value is -1.43. The Labute approximate surface area is 125 Å². The Morgan fingerprint density at radius 3 is 2.57 bits per heavy atom. The van der Waals surface area contributed by atoms with Gasteiger partial charge in [0.15, 0.2) is 0 Å². The van der Waals surface area contributed by atoms with E-state index in [0.717, 1.165) is 11.1 Å². The molecule has 0 radical (unpaired) electrons. The van der Waals surface area contributed by atoms with Crippen molar-refractivity contribution in [2.75, 3.05) is 27.2 Å². The lowest BCUT2D eigenvalue weighted by Crippen LogP contribution is -2.28. The van der Waals surface area contributed by atoms with E-state index < -0.39 is 6.10 Å². The Balaban J connectivity index is 1.96. The normalized spacial score (nSPS) is 22.5. The second-order valence-corrected chi connectivity index (χ2v) is 5.94. The molecule has 1 aromatic rings. The number of carbonyl (C=O) groups excluding carboxylic acids is 1. The highest BCUT2D eigenvalue weighted by Crippen LogP contribution is 2.23. The third kappa shape index (κ3) is 4.03. The first kappa shape index (κ1) is 15.9. The van der Waals surface area contributed by atoms with Crippen molar-refractivity contribution < 1.29 is 15.0 Å². The minimum absolute atomic E-state index is 0.0128. The number of β-amino-alcohol motifs (C(OH)–C–C–N with tert-alkyl or cyclic N) is 1. The van der Waals surface area contributed by atoms with Crippen LogP contribution in [0.3, 0.4) is 0 Å². The summed E-state index contributed by atoms with van der Waals surface area (Å²) in [6.45, 7) is 2.00. The van der Waals surface area contributed by atoms with Crippen LogP contribution in [-0.4, -0.2) is 59.2 Å². The highest BCUT2D eigenvalue weighted by atomic mass is 16.3. The average Bonchev–Trinajstić information content (AvgIpc) is 2.79. The molecule has 0 aromatic heterocycles. The van der Waals surface area contributed by atoms with E-state index in [2.05, 4.69) is 4.90 Å². The molecule has 1 aromatic carbocycles. The quantitative estimate of drug-likeness (QED) is 0.827. The van der Waals surface area contributed by atoms with Crippen LogP contribution >= 0.6 is 0 Å². The smallest absolute Gasteiger partial charge is 0.222 e. The van der Waals surface area contributed by atoms with Gasteiger partial charge in [0.05, 0.1) is 12.7 Å². The van der Waals surface area contributed by atoms with E-state index in [0.29, 0.717) is 26.1 Å². The number of benzene rings is 1. The molecule has 21 heavy (non-hydrogen) atoms. The minimum atomic E-state index is -0.463. The Morgan fingerprint density at radius 1 is 1.29 bits per heavy atom. The van der Waals surface area contributed by atoms with Crippen molar-refractivity contribution >= 4 is 5.91 Å². The molecule has 5 heteroatoms. The van der Waals surface area contributed by atoms with Crippen molar-refractivity contribution in [1.82, 2.24) is 9.80 Å². The maximum absolute atomic E-state index is 11.8. The molecule has 2 N–H and O–H groups in total. The third-order valence-corrected chi connectivity index (χ3v) is 4.10. The predicted octanol–water partition coefficient (Wildman–Crippen LogP) is 0.450. The summed E-state index contributed by atoms with van der Waals surface area (Å²) in [5.41, 5.74) is 1.99. The summed E-state index contributed by atoms with van der Waals surface area (Å²) < 4.78 is 0. The monoisotopic (exact) mass is 292 g/mol. The van der Waals surface area contributed by atoms with Crippen LogP contribution in [0.25, 0.3) is 0 Å². The molecular weight excluding hydrogens is 268 g/mol. The van der Waals surface area contributed by atoms with Crippen LogP contribution in [0.1, 0.15) is 17.5 Å². The van der Waals surface area contributed by atoms with Crippen LogP contribution in [0.15, 0.2) is 24.3 Å². The number of hydrogen-bond donors (Lipinski definition) is 2. The molecule has 0 saturated carbocycles. The zero-order valence-electron chi connectivity index (χ0n) is 12.7. The van der Waals surface area contributed by atoms with E-state index in [1.807, 2.05) is 24.3 Å². The molecule has 0 bridgehead atoms. The first-order chi connectivity index (χ1) is 10.0. The lowest BCUT2D eigenvalue weighted by atomic mass is 10.0. The molecule has 1 fully saturated rings. The molecule has 1 amide bonds. The predicted molar refractivity (Wildman–Crippen MR) is 80.4 cm³/mol. The SMILES string of the molecule is CN(C)C(=O)C[C@@H]1CN(Cc2ccccc2CO)C[C@H]1O. The standard InChI is InChI=1S/C16H24N2O3/c1-17(2)16(21)7-14-9-18(10-15(14)20)8-12-5-3-4-6-13(12)11-19/h3-6,14-15,19-20H,7-11H2,1-2H3/t14-,15-/m1/s1. The van der Waals surface area contributed by atoms with Crippen molar-refractivity contribution in [2.45, 2.75) is 25.7 Å². The van der Waals surface area contributed by atoms with E-state index in [-0.39, 0.29) is 18.4 Å². The van der Waals surface area contributed by atoms with Gasteiger partial charge in [-0.1, -0.05) is 24.3 Å². The fourth-order valence-corrected chi connectivity index (χ4v) is 2.78. The molecular formula is C16H24N2O3. The number of nitrogens with zero attached hydrogens (tertiary/aromatic N) is 2. The van der Waals surface area contributed by atoms with Gasteiger partial charge < -0.3 is 15.1 Å². The van der Waals surface area contributed by atoms with Crippen molar-refractivity contribution in [2.24, 2.45) is 5.92 Å². The molecule has 1 heterocycles. The fourth-order valence-electron chi connectivity index (χ4n) is 2.78. The number of amides is 1. The van der Waals surface area contributed by atoms with Crippen LogP contribution in [-0.2, 0) is 17.9 Å². The Bertz CT molecular complexity index is 490. The van der Waals surface area contributed by atoms with Crippen LogP contribution < -0.4 is 0 Å². The summed E-state index contributed by atoms with van der Waals surface area (Å²) >= 11 is 0. The maximum Gasteiger partial charge on any atom is 0.222 e. The van der Waals surface area contributed by atoms with Crippen molar-refractivity contribution in [3.05, 3.63) is 35.4 Å². The fraction of sp³-hybridized carbons (Fsp3) is 0.562. The zero-order chi connectivity index (χ0) is 15.4. The third-order valence-electron chi connectivity index (χ3n) is 4.10. The molecule has 1 aliphatic heterocycles. The zero-order valence-corrected chi connectivity index (χ0v) is 12.7. The number of aliphatic hydroxyl groups is 2. The first-order valence-electron chi connectivity index (χ1n) is 7.29. The molecule has 116 valence electrons. The van der Waals surface area contributed by atoms with Gasteiger partial charge in [0, 0.05) is 46.1 Å². The van der Waals surface area contributed by atoms with Gasteiger partial charge in [0.1, 0.15) is 0 Å². The topological polar surface area (TPSA) is 64.0 Å². The van der Waals surface area contributed by atoms with Crippen LogP contribution in [0.2, 0.25) is 0 Å². The lowest BCUT2D eigenvalue weighted by Gasteiger charge is -2.18. The average molecular weight is 292 g/mol. The van der Waals surface area contributed by atoms with Gasteiger partial charge in [0.25, 0.3) is 0 Å². The molecule has 5 nitrogen and oxygen atoms in total. The van der Waals surface area contributed by atoms with Gasteiger partial charge in [-0.3, -0.25) is 9.69 Å². The number of likely N-dealkylation sites (tertiary alicyclic amines) is 1. The molecule has 0 aliphatic carbocycles. The molecule has 0 unspecified atom stereocenters. The second kappa shape index (κ2) is 7.02. The number of hydrogen-bond acceptors (Lipinski definition) is 4. The maximum atomic E-state index is 11.8. The molecule has 1 saturated heterocycles. The highest BCUT2D eigenvalue weighted by molar-refractivity contribution is 5.75. The van der Waals surface area contributed by atoms with Gasteiger partial charge in [0.2, 0.25) is 5.91 Å². The molecule has 2 rings (SSSR count). The van der Waals surface area contributed by atoms with Gasteiger partial charge >= 0.3 is 0 Å². The summed E-state index contributed by atoms with van der Waals surface area (Å²) in [7, 11) is 3.47. The van der Waals surface area contributed by atoms with Crippen LogP contribution in [0, 0.1) is 5.92 Å². The first-order valence-corrected chi connectivity index (χ1v) is 7.29. The Kier molecular flexibility index (Phi) is 5.33. The van der Waals surface area contributed by atoms with Crippen molar-refractivity contribution in [3.63, 3.8) is 0 Å². The van der Waals surface area contributed by atoms with E-state index >= 15 is 0 Å². The number of rotatable bonds is 5. The number of aliphatic hydroxyl groups excluding tert-OH is 2. The minimum Gasteiger partial charge on any atom is -0.392 e. The number of carbonyl (C=O) groups is 1. The molecule has 2 atom stereocenters. The summed E-state index contributed by atoms with van der Waals surface area (Å²) in [5.74, 6) is 0.0397. The summed E-state index contributed by atoms with van der Waals surface area (Å²) in [6.07, 6.45) is -0.0815. The van der Waals surface area contributed by atoms with E-state index in [4.69, 9.17) is 0 Å². The van der Waals surface area contributed by atoms with Crippen LogP contribution in [0.5, 0.6) is 0 Å². The van der Waals surface area contributed by atoms with E-state index in [9.17, 15) is 15.0 Å². The van der Waals surface area contributed by atoms with Gasteiger partial charge in [-0.05, 0) is 11.1 Å². The van der Waals surface area contributed by atoms with E-state index in [1.165, 1.54) is 0 Å². The summed E-state index contributed by atoms with van der Waals surface area (Å²) in [5, 5.41) is 19.5. The van der Waals surface area contributed by atoms with Crippen molar-refractivity contribution in [3.8, 4) is 0 Å². The second-order valence-electron chi connectivity index (χ2n) is 5.94. The van der Waals surface area contributed by atoms with Crippen molar-refractivity contribution in [1.29, 1.82) is 0 Å². The highest BCUT2D eigenvalue weighted by Gasteiger charge is 2.33. The summed E-state index contributed by atoms with van der Waals surface area (Å²) in [6, 6.07) is 7.77. The lowest BCUT2D eigenvalue weighted by molar-refractivity contribution is -0.130.